The Morgan fingerprint density at radius 3 is 2.23 bits per heavy atom. The number of aliphatic carboxylic acids is 1. The predicted molar refractivity (Wildman–Crippen MR) is 82.9 cm³/mol. The molecule has 22 heavy (non-hydrogen) atoms. The predicted octanol–water partition coefficient (Wildman–Crippen LogP) is 3.45. The Hall–Kier alpha value is -1.39. The van der Waals surface area contributed by atoms with Gasteiger partial charge in [-0.3, -0.25) is 4.79 Å². The van der Waals surface area contributed by atoms with E-state index in [4.69, 9.17) is 9.47 Å². The lowest BCUT2D eigenvalue weighted by Crippen LogP contribution is -2.46. The summed E-state index contributed by atoms with van der Waals surface area (Å²) >= 11 is 0. The number of ether oxygens (including phenoxy) is 2. The van der Waals surface area contributed by atoms with E-state index in [0.717, 1.165) is 11.1 Å². The van der Waals surface area contributed by atoms with Gasteiger partial charge in [-0.15, -0.1) is 0 Å². The van der Waals surface area contributed by atoms with E-state index < -0.39 is 17.2 Å². The lowest BCUT2D eigenvalue weighted by Gasteiger charge is -2.42. The van der Waals surface area contributed by atoms with Crippen molar-refractivity contribution in [2.75, 3.05) is 13.2 Å². The molecule has 4 heteroatoms. The van der Waals surface area contributed by atoms with Gasteiger partial charge in [0.05, 0.1) is 18.6 Å². The van der Waals surface area contributed by atoms with Crippen LogP contribution in [0, 0.1) is 0 Å². The highest BCUT2D eigenvalue weighted by Crippen LogP contribution is 2.48. The van der Waals surface area contributed by atoms with Crippen LogP contribution in [0.2, 0.25) is 0 Å². The van der Waals surface area contributed by atoms with Crippen molar-refractivity contribution in [1.29, 1.82) is 0 Å². The number of carbonyl (C=O) groups is 1. The van der Waals surface area contributed by atoms with Gasteiger partial charge in [-0.25, -0.2) is 0 Å². The molecule has 1 heterocycles. The van der Waals surface area contributed by atoms with E-state index in [-0.39, 0.29) is 0 Å². The van der Waals surface area contributed by atoms with Crippen LogP contribution < -0.4 is 0 Å². The number of hydrogen-bond donors (Lipinski definition) is 1. The van der Waals surface area contributed by atoms with Crippen LogP contribution in [-0.2, 0) is 19.7 Å². The summed E-state index contributed by atoms with van der Waals surface area (Å²) in [5.41, 5.74) is 1.28. The molecule has 1 N–H and O–H groups in total. The zero-order valence-electron chi connectivity index (χ0n) is 13.3. The molecule has 1 aliphatic carbocycles. The zero-order valence-corrected chi connectivity index (χ0v) is 13.3. The molecule has 1 aliphatic heterocycles. The van der Waals surface area contributed by atoms with E-state index in [2.05, 4.69) is 19.9 Å². The van der Waals surface area contributed by atoms with E-state index in [0.29, 0.717) is 44.8 Å². The molecule has 1 spiro atoms. The molecule has 1 aromatic carbocycles. The lowest BCUT2D eigenvalue weighted by molar-refractivity contribution is -0.189. The second kappa shape index (κ2) is 5.67. The fourth-order valence-corrected chi connectivity index (χ4v) is 3.88. The SMILES string of the molecule is CC(C)c1ccccc1C1(C(=O)O)CCC2(CC1)OCCO2. The molecule has 1 saturated heterocycles. The maximum Gasteiger partial charge on any atom is 0.314 e. The molecule has 4 nitrogen and oxygen atoms in total. The van der Waals surface area contributed by atoms with E-state index in [9.17, 15) is 9.90 Å². The van der Waals surface area contributed by atoms with Crippen LogP contribution in [0.3, 0.4) is 0 Å². The molecule has 1 aromatic rings. The average molecular weight is 304 g/mol. The van der Waals surface area contributed by atoms with Crippen molar-refractivity contribution in [3.05, 3.63) is 35.4 Å². The Morgan fingerprint density at radius 2 is 1.68 bits per heavy atom. The van der Waals surface area contributed by atoms with Crippen molar-refractivity contribution >= 4 is 5.97 Å². The maximum absolute atomic E-state index is 12.2. The van der Waals surface area contributed by atoms with Gasteiger partial charge in [0, 0.05) is 12.8 Å². The molecule has 0 atom stereocenters. The Kier molecular flexibility index (Phi) is 4.00. The van der Waals surface area contributed by atoms with Crippen molar-refractivity contribution < 1.29 is 19.4 Å². The highest BCUT2D eigenvalue weighted by atomic mass is 16.7. The van der Waals surface area contributed by atoms with Crippen LogP contribution in [0.25, 0.3) is 0 Å². The molecular weight excluding hydrogens is 280 g/mol. The molecule has 0 radical (unpaired) electrons. The first kappa shape index (κ1) is 15.5. The molecule has 0 unspecified atom stereocenters. The topological polar surface area (TPSA) is 55.8 Å². The fraction of sp³-hybridized carbons (Fsp3) is 0.611. The molecule has 0 aromatic heterocycles. The van der Waals surface area contributed by atoms with Gasteiger partial charge in [0.25, 0.3) is 0 Å². The minimum Gasteiger partial charge on any atom is -0.481 e. The van der Waals surface area contributed by atoms with E-state index in [1.807, 2.05) is 18.2 Å². The summed E-state index contributed by atoms with van der Waals surface area (Å²) in [4.78, 5) is 12.2. The van der Waals surface area contributed by atoms with Gasteiger partial charge >= 0.3 is 5.97 Å². The summed E-state index contributed by atoms with van der Waals surface area (Å²) in [6.45, 7) is 5.45. The van der Waals surface area contributed by atoms with E-state index >= 15 is 0 Å². The van der Waals surface area contributed by atoms with Gasteiger partial charge in [-0.05, 0) is 29.9 Å². The van der Waals surface area contributed by atoms with Crippen molar-refractivity contribution in [1.82, 2.24) is 0 Å². The minimum absolute atomic E-state index is 0.308. The summed E-state index contributed by atoms with van der Waals surface area (Å²) in [6, 6.07) is 7.97. The molecule has 2 fully saturated rings. The van der Waals surface area contributed by atoms with Crippen molar-refractivity contribution in [3.8, 4) is 0 Å². The molecule has 1 saturated carbocycles. The Balaban J connectivity index is 1.96. The van der Waals surface area contributed by atoms with Gasteiger partial charge in [0.2, 0.25) is 0 Å². The van der Waals surface area contributed by atoms with Crippen LogP contribution in [0.15, 0.2) is 24.3 Å². The summed E-state index contributed by atoms with van der Waals surface area (Å²) in [6.07, 6.45) is 2.41. The van der Waals surface area contributed by atoms with Gasteiger partial charge < -0.3 is 14.6 Å². The van der Waals surface area contributed by atoms with Gasteiger partial charge in [0.1, 0.15) is 0 Å². The van der Waals surface area contributed by atoms with Crippen LogP contribution in [0.5, 0.6) is 0 Å². The average Bonchev–Trinajstić information content (AvgIpc) is 2.96. The number of carboxylic acids is 1. The number of hydrogen-bond acceptors (Lipinski definition) is 3. The molecule has 120 valence electrons. The first-order valence-corrected chi connectivity index (χ1v) is 8.10. The summed E-state index contributed by atoms with van der Waals surface area (Å²) < 4.78 is 11.5. The standard InChI is InChI=1S/C18H24O4/c1-13(2)14-5-3-4-6-15(14)17(16(19)20)7-9-18(10-8-17)21-11-12-22-18/h3-6,13H,7-12H2,1-2H3,(H,19,20). The fourth-order valence-electron chi connectivity index (χ4n) is 3.88. The van der Waals surface area contributed by atoms with E-state index in [1.165, 1.54) is 0 Å². The third kappa shape index (κ3) is 2.44. The van der Waals surface area contributed by atoms with Crippen LogP contribution in [0.1, 0.15) is 56.6 Å². The summed E-state index contributed by atoms with van der Waals surface area (Å²) in [7, 11) is 0. The highest BCUT2D eigenvalue weighted by Gasteiger charge is 2.51. The van der Waals surface area contributed by atoms with Crippen molar-refractivity contribution in [2.45, 2.75) is 56.7 Å². The van der Waals surface area contributed by atoms with Gasteiger partial charge in [-0.2, -0.15) is 0 Å². The largest absolute Gasteiger partial charge is 0.481 e. The second-order valence-corrected chi connectivity index (χ2v) is 6.74. The van der Waals surface area contributed by atoms with Crippen LogP contribution >= 0.6 is 0 Å². The third-order valence-electron chi connectivity index (χ3n) is 5.19. The molecule has 2 aliphatic rings. The Labute approximate surface area is 131 Å². The highest BCUT2D eigenvalue weighted by molar-refractivity contribution is 5.82. The minimum atomic E-state index is -0.818. The number of rotatable bonds is 3. The summed E-state index contributed by atoms with van der Waals surface area (Å²) in [5.74, 6) is -0.957. The van der Waals surface area contributed by atoms with Gasteiger partial charge in [-0.1, -0.05) is 38.1 Å². The second-order valence-electron chi connectivity index (χ2n) is 6.74. The molecular formula is C18H24O4. The first-order chi connectivity index (χ1) is 10.5. The Bertz CT molecular complexity index is 548. The molecule has 3 rings (SSSR count). The summed E-state index contributed by atoms with van der Waals surface area (Å²) in [5, 5.41) is 10.00. The monoisotopic (exact) mass is 304 g/mol. The van der Waals surface area contributed by atoms with Crippen molar-refractivity contribution in [3.63, 3.8) is 0 Å². The maximum atomic E-state index is 12.2. The lowest BCUT2D eigenvalue weighted by atomic mass is 9.65. The van der Waals surface area contributed by atoms with Crippen LogP contribution in [0.4, 0.5) is 0 Å². The Morgan fingerprint density at radius 1 is 1.09 bits per heavy atom. The van der Waals surface area contributed by atoms with E-state index in [1.54, 1.807) is 0 Å². The normalized spacial score (nSPS) is 23.0. The van der Waals surface area contributed by atoms with Crippen LogP contribution in [-0.4, -0.2) is 30.1 Å². The molecule has 0 amide bonds. The third-order valence-corrected chi connectivity index (χ3v) is 5.19. The number of benzene rings is 1. The zero-order chi connectivity index (χ0) is 15.8. The van der Waals surface area contributed by atoms with Crippen molar-refractivity contribution in [2.24, 2.45) is 0 Å². The molecule has 0 bridgehead atoms. The first-order valence-electron chi connectivity index (χ1n) is 8.10. The number of carboxylic acid groups (broad SMARTS) is 1. The quantitative estimate of drug-likeness (QED) is 0.929. The van der Waals surface area contributed by atoms with Gasteiger partial charge in [0.15, 0.2) is 5.79 Å². The smallest absolute Gasteiger partial charge is 0.314 e.